The minimum absolute atomic E-state index is 0. The van der Waals surface area contributed by atoms with Crippen molar-refractivity contribution in [1.29, 1.82) is 0 Å². The molecule has 24 heavy (non-hydrogen) atoms. The van der Waals surface area contributed by atoms with E-state index in [2.05, 4.69) is 5.32 Å². The van der Waals surface area contributed by atoms with Crippen molar-refractivity contribution in [2.24, 2.45) is 0 Å². The number of nitrogens with zero attached hydrogens (tertiary/aromatic N) is 2. The standard InChI is InChI=1S/C16H18FN3O3.ClH/c1-2-19-9-11(16(22)23)15(21)10-3-4-12(13(17)14(10)19)20-7-5-18-6-8-20;/h3-4,9,18H,2,5-8H2,1H3,(H,22,23);1H. The zero-order chi connectivity index (χ0) is 16.6. The molecule has 1 aliphatic heterocycles. The number of rotatable bonds is 3. The van der Waals surface area contributed by atoms with Crippen molar-refractivity contribution in [3.63, 3.8) is 0 Å². The fourth-order valence-corrected chi connectivity index (χ4v) is 2.99. The molecule has 8 heteroatoms. The number of halogens is 2. The first-order valence-corrected chi connectivity index (χ1v) is 7.59. The lowest BCUT2D eigenvalue weighted by Gasteiger charge is -2.30. The van der Waals surface area contributed by atoms with E-state index >= 15 is 4.39 Å². The van der Waals surface area contributed by atoms with E-state index in [1.807, 2.05) is 4.90 Å². The predicted molar refractivity (Wildman–Crippen MR) is 93.1 cm³/mol. The van der Waals surface area contributed by atoms with E-state index in [-0.39, 0.29) is 28.9 Å². The molecule has 6 nitrogen and oxygen atoms in total. The second-order valence-electron chi connectivity index (χ2n) is 5.49. The molecule has 2 N–H and O–H groups in total. The van der Waals surface area contributed by atoms with Gasteiger partial charge in [0, 0.05) is 44.3 Å². The van der Waals surface area contributed by atoms with E-state index in [4.69, 9.17) is 5.11 Å². The van der Waals surface area contributed by atoms with E-state index < -0.39 is 17.2 Å². The van der Waals surface area contributed by atoms with Gasteiger partial charge in [-0.3, -0.25) is 4.79 Å². The van der Waals surface area contributed by atoms with Gasteiger partial charge in [-0.2, -0.15) is 0 Å². The van der Waals surface area contributed by atoms with Crippen LogP contribution in [0.2, 0.25) is 0 Å². The first-order valence-electron chi connectivity index (χ1n) is 7.59. The average molecular weight is 356 g/mol. The molecule has 1 saturated heterocycles. The first kappa shape index (κ1) is 18.2. The second-order valence-corrected chi connectivity index (χ2v) is 5.49. The van der Waals surface area contributed by atoms with Crippen LogP contribution in [-0.4, -0.2) is 41.8 Å². The number of aryl methyl sites for hydroxylation is 1. The Morgan fingerprint density at radius 1 is 1.33 bits per heavy atom. The van der Waals surface area contributed by atoms with Crippen LogP contribution in [0.1, 0.15) is 17.3 Å². The van der Waals surface area contributed by atoms with Gasteiger partial charge in [-0.25, -0.2) is 9.18 Å². The van der Waals surface area contributed by atoms with Crippen molar-refractivity contribution >= 4 is 35.0 Å². The Hall–Kier alpha value is -2.12. The van der Waals surface area contributed by atoms with Gasteiger partial charge in [0.1, 0.15) is 5.56 Å². The van der Waals surface area contributed by atoms with Crippen LogP contribution in [0.25, 0.3) is 10.9 Å². The highest BCUT2D eigenvalue weighted by Gasteiger charge is 2.21. The Labute approximate surface area is 144 Å². The molecule has 0 unspecified atom stereocenters. The van der Waals surface area contributed by atoms with Crippen LogP contribution in [0.5, 0.6) is 0 Å². The number of carboxylic acid groups (broad SMARTS) is 1. The van der Waals surface area contributed by atoms with Crippen molar-refractivity contribution in [2.45, 2.75) is 13.5 Å². The third-order valence-electron chi connectivity index (χ3n) is 4.19. The number of hydrogen-bond acceptors (Lipinski definition) is 4. The number of aromatic nitrogens is 1. The molecule has 0 aliphatic carbocycles. The Morgan fingerprint density at radius 2 is 2.00 bits per heavy atom. The maximum absolute atomic E-state index is 15.0. The number of carboxylic acids is 1. The zero-order valence-electron chi connectivity index (χ0n) is 13.2. The summed E-state index contributed by atoms with van der Waals surface area (Å²) in [5.74, 6) is -1.77. The average Bonchev–Trinajstić information content (AvgIpc) is 2.56. The van der Waals surface area contributed by atoms with Gasteiger partial charge >= 0.3 is 5.97 Å². The quantitative estimate of drug-likeness (QED) is 0.876. The molecule has 3 rings (SSSR count). The summed E-state index contributed by atoms with van der Waals surface area (Å²) in [5.41, 5.74) is -0.376. The van der Waals surface area contributed by atoms with Crippen LogP contribution in [0.15, 0.2) is 23.1 Å². The van der Waals surface area contributed by atoms with E-state index in [0.29, 0.717) is 25.3 Å². The number of fused-ring (bicyclic) bond motifs is 1. The number of benzene rings is 1. The van der Waals surface area contributed by atoms with Gasteiger partial charge in [0.05, 0.1) is 11.2 Å². The smallest absolute Gasteiger partial charge is 0.341 e. The van der Waals surface area contributed by atoms with Crippen molar-refractivity contribution in [3.8, 4) is 0 Å². The summed E-state index contributed by atoms with van der Waals surface area (Å²) in [6.45, 7) is 5.08. The van der Waals surface area contributed by atoms with Crippen molar-refractivity contribution in [3.05, 3.63) is 39.9 Å². The molecule has 1 aliphatic rings. The van der Waals surface area contributed by atoms with E-state index in [9.17, 15) is 9.59 Å². The van der Waals surface area contributed by atoms with Crippen LogP contribution >= 0.6 is 12.4 Å². The fourth-order valence-electron chi connectivity index (χ4n) is 2.99. The molecular weight excluding hydrogens is 337 g/mol. The Kier molecular flexibility index (Phi) is 5.46. The summed E-state index contributed by atoms with van der Waals surface area (Å²) in [6, 6.07) is 3.09. The second kappa shape index (κ2) is 7.19. The molecule has 0 amide bonds. The van der Waals surface area contributed by atoms with Crippen molar-refractivity contribution < 1.29 is 14.3 Å². The number of nitrogens with one attached hydrogen (secondary N) is 1. The monoisotopic (exact) mass is 355 g/mol. The molecule has 1 aromatic heterocycles. The minimum Gasteiger partial charge on any atom is -0.477 e. The lowest BCUT2D eigenvalue weighted by molar-refractivity contribution is 0.0695. The minimum atomic E-state index is -1.30. The van der Waals surface area contributed by atoms with Crippen LogP contribution in [0.3, 0.4) is 0 Å². The number of aromatic carboxylic acids is 1. The molecular formula is C16H19ClFN3O3. The molecule has 0 atom stereocenters. The summed E-state index contributed by atoms with van der Waals surface area (Å²) >= 11 is 0. The maximum atomic E-state index is 15.0. The third kappa shape index (κ3) is 2.97. The predicted octanol–water partition coefficient (Wildman–Crippen LogP) is 1.69. The highest BCUT2D eigenvalue weighted by molar-refractivity contribution is 5.93. The fraction of sp³-hybridized carbons (Fsp3) is 0.375. The van der Waals surface area contributed by atoms with E-state index in [1.54, 1.807) is 13.0 Å². The Bertz CT molecular complexity index is 831. The molecule has 2 aromatic rings. The molecule has 1 fully saturated rings. The van der Waals surface area contributed by atoms with E-state index in [0.717, 1.165) is 13.1 Å². The number of carbonyl (C=O) groups is 1. The van der Waals surface area contributed by atoms with Crippen LogP contribution in [0, 0.1) is 5.82 Å². The van der Waals surface area contributed by atoms with Crippen molar-refractivity contribution in [1.82, 2.24) is 9.88 Å². The Morgan fingerprint density at radius 3 is 2.58 bits per heavy atom. The molecule has 0 spiro atoms. The zero-order valence-corrected chi connectivity index (χ0v) is 14.0. The summed E-state index contributed by atoms with van der Waals surface area (Å²) in [7, 11) is 0. The van der Waals surface area contributed by atoms with Gasteiger partial charge in [-0.15, -0.1) is 12.4 Å². The van der Waals surface area contributed by atoms with Crippen LogP contribution in [-0.2, 0) is 6.54 Å². The Balaban J connectivity index is 0.00000208. The highest BCUT2D eigenvalue weighted by Crippen LogP contribution is 2.27. The molecule has 0 radical (unpaired) electrons. The maximum Gasteiger partial charge on any atom is 0.341 e. The van der Waals surface area contributed by atoms with Gasteiger partial charge in [0.25, 0.3) is 0 Å². The van der Waals surface area contributed by atoms with Crippen molar-refractivity contribution in [2.75, 3.05) is 31.1 Å². The van der Waals surface area contributed by atoms with E-state index in [1.165, 1.54) is 16.8 Å². The number of hydrogen-bond donors (Lipinski definition) is 2. The highest BCUT2D eigenvalue weighted by atomic mass is 35.5. The van der Waals surface area contributed by atoms with Gasteiger partial charge in [0.15, 0.2) is 5.82 Å². The summed E-state index contributed by atoms with van der Waals surface area (Å²) in [6.07, 6.45) is 1.22. The van der Waals surface area contributed by atoms with Gasteiger partial charge < -0.3 is 19.9 Å². The first-order chi connectivity index (χ1) is 11.0. The lowest BCUT2D eigenvalue weighted by atomic mass is 10.1. The summed E-state index contributed by atoms with van der Waals surface area (Å²) < 4.78 is 16.5. The third-order valence-corrected chi connectivity index (χ3v) is 4.19. The number of pyridine rings is 1. The normalized spacial score (nSPS) is 14.5. The summed E-state index contributed by atoms with van der Waals surface area (Å²) in [4.78, 5) is 25.4. The summed E-state index contributed by atoms with van der Waals surface area (Å²) in [5, 5.41) is 12.5. The van der Waals surface area contributed by atoms with Gasteiger partial charge in [-0.1, -0.05) is 0 Å². The van der Waals surface area contributed by atoms with Crippen LogP contribution < -0.4 is 15.6 Å². The van der Waals surface area contributed by atoms with Crippen LogP contribution in [0.4, 0.5) is 10.1 Å². The molecule has 0 saturated carbocycles. The largest absolute Gasteiger partial charge is 0.477 e. The van der Waals surface area contributed by atoms with Gasteiger partial charge in [0.2, 0.25) is 5.43 Å². The van der Waals surface area contributed by atoms with Gasteiger partial charge in [-0.05, 0) is 19.1 Å². The molecule has 1 aromatic carbocycles. The molecule has 2 heterocycles. The number of piperazine rings is 1. The topological polar surface area (TPSA) is 74.6 Å². The molecule has 130 valence electrons. The molecule has 0 bridgehead atoms. The lowest BCUT2D eigenvalue weighted by Crippen LogP contribution is -2.44. The SMILES string of the molecule is CCn1cc(C(=O)O)c(=O)c2ccc(N3CCNCC3)c(F)c21.Cl. The number of anilines is 1.